The fourth-order valence-electron chi connectivity index (χ4n) is 2.85. The zero-order valence-electron chi connectivity index (χ0n) is 13.3. The summed E-state index contributed by atoms with van der Waals surface area (Å²) < 4.78 is 5.39. The van der Waals surface area contributed by atoms with Gasteiger partial charge in [-0.25, -0.2) is 0 Å². The second-order valence-electron chi connectivity index (χ2n) is 5.82. The van der Waals surface area contributed by atoms with Crippen LogP contribution in [0.2, 0.25) is 0 Å². The number of nitrogens with one attached hydrogen (secondary N) is 1. The van der Waals surface area contributed by atoms with E-state index in [1.54, 1.807) is 7.11 Å². The SMILES string of the molecule is COc1ccccc1CC(C)N(C)C(=O)[C@H]1CCCCN1. The number of hydrogen-bond acceptors (Lipinski definition) is 3. The number of amides is 1. The highest BCUT2D eigenvalue weighted by Crippen LogP contribution is 2.21. The Hall–Kier alpha value is -1.55. The van der Waals surface area contributed by atoms with E-state index in [-0.39, 0.29) is 18.0 Å². The maximum atomic E-state index is 12.5. The first-order valence-electron chi connectivity index (χ1n) is 7.75. The van der Waals surface area contributed by atoms with E-state index in [1.807, 2.05) is 30.1 Å². The number of benzene rings is 1. The molecule has 1 aliphatic rings. The molecule has 0 bridgehead atoms. The van der Waals surface area contributed by atoms with Crippen molar-refractivity contribution >= 4 is 5.91 Å². The number of nitrogens with zero attached hydrogens (tertiary/aromatic N) is 1. The molecular weight excluding hydrogens is 264 g/mol. The predicted octanol–water partition coefficient (Wildman–Crippen LogP) is 2.23. The fraction of sp³-hybridized carbons (Fsp3) is 0.588. The molecule has 1 unspecified atom stereocenters. The molecular formula is C17H26N2O2. The van der Waals surface area contributed by atoms with Gasteiger partial charge in [-0.1, -0.05) is 24.6 Å². The second-order valence-corrected chi connectivity index (χ2v) is 5.82. The number of para-hydroxylation sites is 1. The van der Waals surface area contributed by atoms with Gasteiger partial charge in [0.25, 0.3) is 0 Å². The van der Waals surface area contributed by atoms with Crippen molar-refractivity contribution in [2.45, 2.75) is 44.7 Å². The number of piperidine rings is 1. The monoisotopic (exact) mass is 290 g/mol. The lowest BCUT2D eigenvalue weighted by molar-refractivity contribution is -0.134. The molecule has 1 saturated heterocycles. The molecule has 0 aliphatic carbocycles. The highest BCUT2D eigenvalue weighted by atomic mass is 16.5. The smallest absolute Gasteiger partial charge is 0.239 e. The topological polar surface area (TPSA) is 41.6 Å². The molecule has 0 radical (unpaired) electrons. The van der Waals surface area contributed by atoms with Crippen molar-refractivity contribution < 1.29 is 9.53 Å². The molecule has 1 amide bonds. The first kappa shape index (κ1) is 15.8. The van der Waals surface area contributed by atoms with Gasteiger partial charge in [0.05, 0.1) is 13.2 Å². The molecule has 1 fully saturated rings. The van der Waals surface area contributed by atoms with Crippen LogP contribution in [0.1, 0.15) is 31.7 Å². The van der Waals surface area contributed by atoms with Crippen molar-refractivity contribution in [3.8, 4) is 5.75 Å². The van der Waals surface area contributed by atoms with E-state index in [4.69, 9.17) is 4.74 Å². The van der Waals surface area contributed by atoms with Crippen molar-refractivity contribution in [1.82, 2.24) is 10.2 Å². The van der Waals surface area contributed by atoms with Crippen LogP contribution in [0.15, 0.2) is 24.3 Å². The van der Waals surface area contributed by atoms with Gasteiger partial charge >= 0.3 is 0 Å². The average Bonchev–Trinajstić information content (AvgIpc) is 2.54. The molecule has 1 aromatic rings. The largest absolute Gasteiger partial charge is 0.496 e. The molecule has 21 heavy (non-hydrogen) atoms. The molecule has 2 atom stereocenters. The number of carbonyl (C=O) groups is 1. The summed E-state index contributed by atoms with van der Waals surface area (Å²) in [5.74, 6) is 1.10. The van der Waals surface area contributed by atoms with Gasteiger partial charge in [0, 0.05) is 13.1 Å². The van der Waals surface area contributed by atoms with Gasteiger partial charge in [-0.05, 0) is 44.4 Å². The van der Waals surface area contributed by atoms with Crippen molar-refractivity contribution in [3.05, 3.63) is 29.8 Å². The molecule has 1 aromatic carbocycles. The van der Waals surface area contributed by atoms with Crippen LogP contribution in [0, 0.1) is 0 Å². The van der Waals surface area contributed by atoms with Crippen LogP contribution in [0.5, 0.6) is 5.75 Å². The Labute approximate surface area is 127 Å². The van der Waals surface area contributed by atoms with Gasteiger partial charge in [0.15, 0.2) is 0 Å². The van der Waals surface area contributed by atoms with Gasteiger partial charge in [-0.3, -0.25) is 4.79 Å². The van der Waals surface area contributed by atoms with E-state index in [0.29, 0.717) is 0 Å². The van der Waals surface area contributed by atoms with Crippen LogP contribution in [0.4, 0.5) is 0 Å². The second kappa shape index (κ2) is 7.46. The number of methoxy groups -OCH3 is 1. The van der Waals surface area contributed by atoms with Crippen molar-refractivity contribution in [2.75, 3.05) is 20.7 Å². The number of carbonyl (C=O) groups excluding carboxylic acids is 1. The van der Waals surface area contributed by atoms with E-state index in [2.05, 4.69) is 18.3 Å². The summed E-state index contributed by atoms with van der Waals surface area (Å²) in [6.45, 7) is 3.04. The van der Waals surface area contributed by atoms with E-state index >= 15 is 0 Å². The van der Waals surface area contributed by atoms with Gasteiger partial charge in [-0.15, -0.1) is 0 Å². The van der Waals surface area contributed by atoms with Crippen molar-refractivity contribution in [1.29, 1.82) is 0 Å². The number of rotatable bonds is 5. The van der Waals surface area contributed by atoms with Gasteiger partial charge in [-0.2, -0.15) is 0 Å². The third-order valence-corrected chi connectivity index (χ3v) is 4.33. The summed E-state index contributed by atoms with van der Waals surface area (Å²) in [4.78, 5) is 14.4. The predicted molar refractivity (Wildman–Crippen MR) is 84.6 cm³/mol. The summed E-state index contributed by atoms with van der Waals surface area (Å²) >= 11 is 0. The van der Waals surface area contributed by atoms with Crippen LogP contribution >= 0.6 is 0 Å². The van der Waals surface area contributed by atoms with Crippen LogP contribution < -0.4 is 10.1 Å². The Morgan fingerprint density at radius 3 is 2.86 bits per heavy atom. The summed E-state index contributed by atoms with van der Waals surface area (Å²) in [5, 5.41) is 3.33. The normalized spacial score (nSPS) is 19.9. The molecule has 116 valence electrons. The molecule has 1 heterocycles. The zero-order chi connectivity index (χ0) is 15.2. The molecule has 0 aromatic heterocycles. The number of hydrogen-bond donors (Lipinski definition) is 1. The molecule has 1 aliphatic heterocycles. The van der Waals surface area contributed by atoms with Gasteiger partial charge in [0.2, 0.25) is 5.91 Å². The van der Waals surface area contributed by atoms with Crippen LogP contribution in [0.25, 0.3) is 0 Å². The maximum absolute atomic E-state index is 12.5. The lowest BCUT2D eigenvalue weighted by Crippen LogP contribution is -2.50. The Morgan fingerprint density at radius 2 is 2.19 bits per heavy atom. The molecule has 1 N–H and O–H groups in total. The quantitative estimate of drug-likeness (QED) is 0.904. The average molecular weight is 290 g/mol. The first-order valence-corrected chi connectivity index (χ1v) is 7.75. The van der Waals surface area contributed by atoms with Crippen LogP contribution in [-0.2, 0) is 11.2 Å². The summed E-state index contributed by atoms with van der Waals surface area (Å²) in [5.41, 5.74) is 1.14. The standard InChI is InChI=1S/C17H26N2O2/c1-13(12-14-8-4-5-10-16(14)21-3)19(2)17(20)15-9-6-7-11-18-15/h4-5,8,10,13,15,18H,6-7,9,11-12H2,1-3H3/t13?,15-/m1/s1. The zero-order valence-corrected chi connectivity index (χ0v) is 13.3. The lowest BCUT2D eigenvalue weighted by atomic mass is 10.0. The Morgan fingerprint density at radius 1 is 1.43 bits per heavy atom. The summed E-state index contributed by atoms with van der Waals surface area (Å²) in [6.07, 6.45) is 4.06. The first-order chi connectivity index (χ1) is 10.1. The Bertz CT molecular complexity index is 470. The minimum absolute atomic E-state index is 0.0103. The highest BCUT2D eigenvalue weighted by molar-refractivity contribution is 5.82. The molecule has 0 saturated carbocycles. The fourth-order valence-corrected chi connectivity index (χ4v) is 2.85. The number of ether oxygens (including phenoxy) is 1. The third-order valence-electron chi connectivity index (χ3n) is 4.33. The minimum Gasteiger partial charge on any atom is -0.496 e. The highest BCUT2D eigenvalue weighted by Gasteiger charge is 2.26. The Balaban J connectivity index is 1.98. The van der Waals surface area contributed by atoms with E-state index in [9.17, 15) is 4.79 Å². The number of likely N-dealkylation sites (N-methyl/N-ethyl adjacent to an activating group) is 1. The third kappa shape index (κ3) is 3.97. The van der Waals surface area contributed by atoms with Crippen molar-refractivity contribution in [2.24, 2.45) is 0 Å². The summed E-state index contributed by atoms with van der Waals surface area (Å²) in [7, 11) is 3.59. The van der Waals surface area contributed by atoms with E-state index in [0.717, 1.165) is 37.1 Å². The van der Waals surface area contributed by atoms with Crippen molar-refractivity contribution in [3.63, 3.8) is 0 Å². The minimum atomic E-state index is -0.0103. The molecule has 2 rings (SSSR count). The summed E-state index contributed by atoms with van der Waals surface area (Å²) in [6, 6.07) is 8.14. The van der Waals surface area contributed by atoms with Crippen LogP contribution in [-0.4, -0.2) is 43.6 Å². The Kier molecular flexibility index (Phi) is 5.62. The van der Waals surface area contributed by atoms with Gasteiger partial charge < -0.3 is 15.0 Å². The van der Waals surface area contributed by atoms with E-state index < -0.39 is 0 Å². The van der Waals surface area contributed by atoms with E-state index in [1.165, 1.54) is 6.42 Å². The lowest BCUT2D eigenvalue weighted by Gasteiger charge is -2.31. The molecule has 4 heteroatoms. The molecule has 4 nitrogen and oxygen atoms in total. The van der Waals surface area contributed by atoms with Gasteiger partial charge in [0.1, 0.15) is 5.75 Å². The van der Waals surface area contributed by atoms with Crippen LogP contribution in [0.3, 0.4) is 0 Å². The maximum Gasteiger partial charge on any atom is 0.239 e. The molecule has 0 spiro atoms.